The highest BCUT2D eigenvalue weighted by molar-refractivity contribution is 5.83. The normalized spacial score (nSPS) is 10.8. The van der Waals surface area contributed by atoms with Crippen molar-refractivity contribution in [2.45, 2.75) is 13.8 Å². The molecule has 0 bridgehead atoms. The minimum Gasteiger partial charge on any atom is -0.273 e. The molecule has 1 aromatic carbocycles. The molecule has 1 N–H and O–H groups in total. The summed E-state index contributed by atoms with van der Waals surface area (Å²) >= 11 is 0. The molecule has 90 valence electrons. The molecule has 0 aliphatic heterocycles. The topological polar surface area (TPSA) is 84.6 Å². The maximum absolute atomic E-state index is 11.2. The zero-order valence-electron chi connectivity index (χ0n) is 9.58. The molecule has 0 spiro atoms. The Bertz CT molecular complexity index is 438. The van der Waals surface area contributed by atoms with Gasteiger partial charge in [-0.15, -0.1) is 0 Å². The van der Waals surface area contributed by atoms with E-state index in [0.717, 1.165) is 0 Å². The minimum absolute atomic E-state index is 0.0216. The highest BCUT2D eigenvalue weighted by Crippen LogP contribution is 2.10. The molecular weight excluding hydrogens is 222 g/mol. The lowest BCUT2D eigenvalue weighted by atomic mass is 10.2. The van der Waals surface area contributed by atoms with E-state index in [2.05, 4.69) is 10.5 Å². The van der Waals surface area contributed by atoms with Crippen LogP contribution in [-0.4, -0.2) is 17.0 Å². The summed E-state index contributed by atoms with van der Waals surface area (Å²) in [5.74, 6) is -0.313. The molecule has 0 aliphatic rings. The Balaban J connectivity index is 2.60. The Morgan fingerprint density at radius 1 is 1.41 bits per heavy atom. The quantitative estimate of drug-likeness (QED) is 0.489. The van der Waals surface area contributed by atoms with Gasteiger partial charge in [0.05, 0.1) is 11.1 Å². The summed E-state index contributed by atoms with van der Waals surface area (Å²) < 4.78 is 0. The molecule has 17 heavy (non-hydrogen) atoms. The number of nitrogens with one attached hydrogen (secondary N) is 1. The molecule has 6 nitrogen and oxygen atoms in total. The number of hydrazone groups is 1. The van der Waals surface area contributed by atoms with Gasteiger partial charge in [-0.25, -0.2) is 5.43 Å². The molecule has 0 aromatic heterocycles. The molecule has 1 aromatic rings. The molecule has 0 saturated heterocycles. The van der Waals surface area contributed by atoms with Crippen molar-refractivity contribution in [1.29, 1.82) is 0 Å². The van der Waals surface area contributed by atoms with Crippen LogP contribution in [0.5, 0.6) is 0 Å². The third-order valence-electron chi connectivity index (χ3n) is 2.02. The predicted octanol–water partition coefficient (Wildman–Crippen LogP) is 1.70. The average molecular weight is 235 g/mol. The van der Waals surface area contributed by atoms with E-state index < -0.39 is 4.92 Å². The van der Waals surface area contributed by atoms with Crippen LogP contribution in [0.25, 0.3) is 0 Å². The van der Waals surface area contributed by atoms with Gasteiger partial charge in [0.25, 0.3) is 5.69 Å². The van der Waals surface area contributed by atoms with E-state index in [4.69, 9.17) is 0 Å². The fourth-order valence-electron chi connectivity index (χ4n) is 0.982. The smallest absolute Gasteiger partial charge is 0.269 e. The second-order valence-corrected chi connectivity index (χ2v) is 3.74. The molecule has 1 rings (SSSR count). The van der Waals surface area contributed by atoms with Crippen molar-refractivity contribution >= 4 is 17.8 Å². The molecule has 1 amide bonds. The molecule has 0 radical (unpaired) electrons. The maximum atomic E-state index is 11.2. The van der Waals surface area contributed by atoms with E-state index >= 15 is 0 Å². The average Bonchev–Trinajstić information content (AvgIpc) is 2.29. The van der Waals surface area contributed by atoms with Crippen molar-refractivity contribution in [1.82, 2.24) is 5.43 Å². The molecule has 6 heteroatoms. The SMILES string of the molecule is CC(C)C(=O)N/N=C\c1ccc([N+](=O)[O-])cc1. The number of hydrogen-bond donors (Lipinski definition) is 1. The number of nitro benzene ring substituents is 1. The standard InChI is InChI=1S/C11H13N3O3/c1-8(2)11(15)13-12-7-9-3-5-10(6-4-9)14(16)17/h3-8H,1-2H3,(H,13,15)/b12-7-. The van der Waals surface area contributed by atoms with E-state index in [1.807, 2.05) is 0 Å². The molecule has 0 atom stereocenters. The Hall–Kier alpha value is -2.24. The van der Waals surface area contributed by atoms with Crippen LogP contribution in [0, 0.1) is 16.0 Å². The van der Waals surface area contributed by atoms with E-state index in [1.165, 1.54) is 18.3 Å². The third kappa shape index (κ3) is 4.02. The van der Waals surface area contributed by atoms with Crippen LogP contribution in [0.1, 0.15) is 19.4 Å². The molecule has 0 heterocycles. The number of amides is 1. The van der Waals surface area contributed by atoms with Gasteiger partial charge in [0.15, 0.2) is 0 Å². The van der Waals surface area contributed by atoms with Gasteiger partial charge in [-0.05, 0) is 17.7 Å². The fraction of sp³-hybridized carbons (Fsp3) is 0.273. The monoisotopic (exact) mass is 235 g/mol. The van der Waals surface area contributed by atoms with Crippen molar-refractivity contribution in [2.24, 2.45) is 11.0 Å². The predicted molar refractivity (Wildman–Crippen MR) is 63.7 cm³/mol. The summed E-state index contributed by atoms with van der Waals surface area (Å²) in [7, 11) is 0. The van der Waals surface area contributed by atoms with Crippen molar-refractivity contribution < 1.29 is 9.72 Å². The van der Waals surface area contributed by atoms with Crippen LogP contribution in [-0.2, 0) is 4.79 Å². The van der Waals surface area contributed by atoms with E-state index in [-0.39, 0.29) is 17.5 Å². The zero-order chi connectivity index (χ0) is 12.8. The summed E-state index contributed by atoms with van der Waals surface area (Å²) in [5, 5.41) is 14.1. The second kappa shape index (κ2) is 5.74. The van der Waals surface area contributed by atoms with Gasteiger partial charge in [-0.1, -0.05) is 13.8 Å². The Kier molecular flexibility index (Phi) is 4.33. The van der Waals surface area contributed by atoms with Crippen LogP contribution in [0.3, 0.4) is 0 Å². The van der Waals surface area contributed by atoms with Gasteiger partial charge in [-0.2, -0.15) is 5.10 Å². The first-order chi connectivity index (χ1) is 8.00. The lowest BCUT2D eigenvalue weighted by Gasteiger charge is -2.01. The van der Waals surface area contributed by atoms with E-state index in [0.29, 0.717) is 5.56 Å². The first-order valence-corrected chi connectivity index (χ1v) is 5.08. The van der Waals surface area contributed by atoms with Crippen LogP contribution in [0.2, 0.25) is 0 Å². The number of benzene rings is 1. The molecule has 0 aliphatic carbocycles. The zero-order valence-corrected chi connectivity index (χ0v) is 9.58. The molecule has 0 unspecified atom stereocenters. The number of non-ortho nitro benzene ring substituents is 1. The van der Waals surface area contributed by atoms with Gasteiger partial charge in [0.1, 0.15) is 0 Å². The van der Waals surface area contributed by atoms with Crippen molar-refractivity contribution in [3.8, 4) is 0 Å². The van der Waals surface area contributed by atoms with Gasteiger partial charge in [0.2, 0.25) is 5.91 Å². The Morgan fingerprint density at radius 2 is 2.00 bits per heavy atom. The Morgan fingerprint density at radius 3 is 2.47 bits per heavy atom. The molecular formula is C11H13N3O3. The summed E-state index contributed by atoms with van der Waals surface area (Å²) in [6.07, 6.45) is 1.43. The number of nitro groups is 1. The van der Waals surface area contributed by atoms with E-state index in [1.54, 1.807) is 26.0 Å². The minimum atomic E-state index is -0.471. The van der Waals surface area contributed by atoms with Crippen molar-refractivity contribution in [3.63, 3.8) is 0 Å². The lowest BCUT2D eigenvalue weighted by molar-refractivity contribution is -0.384. The highest BCUT2D eigenvalue weighted by Gasteiger charge is 2.04. The van der Waals surface area contributed by atoms with Crippen molar-refractivity contribution in [3.05, 3.63) is 39.9 Å². The molecule has 0 saturated carbocycles. The first kappa shape index (κ1) is 12.8. The third-order valence-corrected chi connectivity index (χ3v) is 2.02. The number of carbonyl (C=O) groups excluding carboxylic acids is 1. The molecule has 0 fully saturated rings. The van der Waals surface area contributed by atoms with Gasteiger partial charge < -0.3 is 0 Å². The Labute approximate surface area is 98.5 Å². The number of rotatable bonds is 4. The van der Waals surface area contributed by atoms with Crippen LogP contribution < -0.4 is 5.43 Å². The number of carbonyl (C=O) groups is 1. The van der Waals surface area contributed by atoms with Gasteiger partial charge >= 0.3 is 0 Å². The first-order valence-electron chi connectivity index (χ1n) is 5.08. The van der Waals surface area contributed by atoms with Crippen LogP contribution in [0.4, 0.5) is 5.69 Å². The summed E-state index contributed by atoms with van der Waals surface area (Å²) in [5.41, 5.74) is 3.07. The lowest BCUT2D eigenvalue weighted by Crippen LogP contribution is -2.22. The largest absolute Gasteiger partial charge is 0.273 e. The van der Waals surface area contributed by atoms with Gasteiger partial charge in [-0.3, -0.25) is 14.9 Å². The summed E-state index contributed by atoms with van der Waals surface area (Å²) in [4.78, 5) is 21.1. The fourth-order valence-corrected chi connectivity index (χ4v) is 0.982. The van der Waals surface area contributed by atoms with Crippen LogP contribution >= 0.6 is 0 Å². The van der Waals surface area contributed by atoms with Gasteiger partial charge in [0, 0.05) is 18.1 Å². The van der Waals surface area contributed by atoms with E-state index in [9.17, 15) is 14.9 Å². The summed E-state index contributed by atoms with van der Waals surface area (Å²) in [6.45, 7) is 3.52. The van der Waals surface area contributed by atoms with Crippen molar-refractivity contribution in [2.75, 3.05) is 0 Å². The number of hydrogen-bond acceptors (Lipinski definition) is 4. The van der Waals surface area contributed by atoms with Crippen LogP contribution in [0.15, 0.2) is 29.4 Å². The second-order valence-electron chi connectivity index (χ2n) is 3.74. The maximum Gasteiger partial charge on any atom is 0.269 e. The number of nitrogens with zero attached hydrogens (tertiary/aromatic N) is 2. The summed E-state index contributed by atoms with van der Waals surface area (Å²) in [6, 6.07) is 5.88. The highest BCUT2D eigenvalue weighted by atomic mass is 16.6.